The number of nitrogens with zero attached hydrogens (tertiary/aromatic N) is 3. The van der Waals surface area contributed by atoms with Crippen molar-refractivity contribution < 1.29 is 19.4 Å². The van der Waals surface area contributed by atoms with E-state index in [1.807, 2.05) is 49.4 Å². The van der Waals surface area contributed by atoms with Gasteiger partial charge in [0.25, 0.3) is 0 Å². The van der Waals surface area contributed by atoms with E-state index >= 15 is 0 Å². The Morgan fingerprint density at radius 1 is 1.12 bits per heavy atom. The quantitative estimate of drug-likeness (QED) is 0.697. The van der Waals surface area contributed by atoms with Gasteiger partial charge in [-0.2, -0.15) is 0 Å². The van der Waals surface area contributed by atoms with Gasteiger partial charge >= 0.3 is 5.97 Å². The maximum Gasteiger partial charge on any atom is 0.338 e. The molecule has 1 saturated heterocycles. The molecule has 4 aliphatic rings. The Morgan fingerprint density at radius 3 is 2.75 bits per heavy atom. The van der Waals surface area contributed by atoms with Crippen LogP contribution in [-0.2, 0) is 14.3 Å². The Balaban J connectivity index is 1.41. The SMILES string of the molecule is C[C@H]1CCC2C(OC(=O)C23CN(c2cccc4ccccc24)N=N3)[C@]2(C)C(=O)C=C[C@@]12O. The van der Waals surface area contributed by atoms with E-state index in [1.165, 1.54) is 6.08 Å². The van der Waals surface area contributed by atoms with Crippen LogP contribution in [-0.4, -0.2) is 40.6 Å². The van der Waals surface area contributed by atoms with Crippen LogP contribution in [0.15, 0.2) is 65.0 Å². The lowest BCUT2D eigenvalue weighted by atomic mass is 9.63. The third kappa shape index (κ3) is 2.19. The number of rotatable bonds is 1. The second-order valence-electron chi connectivity index (χ2n) is 9.81. The van der Waals surface area contributed by atoms with Gasteiger partial charge in [0.2, 0.25) is 5.54 Å². The molecule has 3 unspecified atom stereocenters. The van der Waals surface area contributed by atoms with Crippen LogP contribution in [0, 0.1) is 17.3 Å². The fraction of sp³-hybridized carbons (Fsp3) is 0.440. The molecule has 0 bridgehead atoms. The minimum atomic E-state index is -1.35. The number of aliphatic hydroxyl groups is 1. The zero-order valence-electron chi connectivity index (χ0n) is 18.1. The monoisotopic (exact) mass is 431 g/mol. The molecule has 2 aromatic carbocycles. The summed E-state index contributed by atoms with van der Waals surface area (Å²) in [6.07, 6.45) is 3.57. The van der Waals surface area contributed by atoms with E-state index in [0.717, 1.165) is 16.5 Å². The van der Waals surface area contributed by atoms with Gasteiger partial charge in [0.15, 0.2) is 5.78 Å². The minimum Gasteiger partial charge on any atom is -0.459 e. The number of carbonyl (C=O) groups is 2. The van der Waals surface area contributed by atoms with Crippen LogP contribution in [0.25, 0.3) is 10.8 Å². The van der Waals surface area contributed by atoms with E-state index in [9.17, 15) is 14.7 Å². The average molecular weight is 431 g/mol. The van der Waals surface area contributed by atoms with Gasteiger partial charge in [-0.1, -0.05) is 48.5 Å². The third-order valence-corrected chi connectivity index (χ3v) is 8.40. The highest BCUT2D eigenvalue weighted by atomic mass is 16.6. The van der Waals surface area contributed by atoms with E-state index in [0.29, 0.717) is 12.8 Å². The number of anilines is 1. The molecule has 2 fully saturated rings. The van der Waals surface area contributed by atoms with Gasteiger partial charge in [-0.25, -0.2) is 9.80 Å². The predicted octanol–water partition coefficient (Wildman–Crippen LogP) is 3.61. The number of hydrogen-bond acceptors (Lipinski definition) is 7. The van der Waals surface area contributed by atoms with Crippen LogP contribution < -0.4 is 5.01 Å². The van der Waals surface area contributed by atoms with Crippen molar-refractivity contribution in [2.45, 2.75) is 43.9 Å². The van der Waals surface area contributed by atoms with E-state index in [-0.39, 0.29) is 24.2 Å². The second kappa shape index (κ2) is 6.25. The van der Waals surface area contributed by atoms with Crippen molar-refractivity contribution in [2.24, 2.45) is 27.6 Å². The molecule has 2 aliphatic heterocycles. The van der Waals surface area contributed by atoms with Crippen LogP contribution in [0.2, 0.25) is 0 Å². The topological polar surface area (TPSA) is 91.6 Å². The number of allylic oxidation sites excluding steroid dienone is 1. The second-order valence-corrected chi connectivity index (χ2v) is 9.81. The molecule has 164 valence electrons. The van der Waals surface area contributed by atoms with Crippen LogP contribution in [0.4, 0.5) is 5.69 Å². The highest BCUT2D eigenvalue weighted by molar-refractivity contribution is 6.01. The van der Waals surface area contributed by atoms with Gasteiger partial charge in [-0.05, 0) is 49.3 Å². The highest BCUT2D eigenvalue weighted by Gasteiger charge is 2.72. The molecule has 2 heterocycles. The van der Waals surface area contributed by atoms with Crippen molar-refractivity contribution in [3.8, 4) is 0 Å². The minimum absolute atomic E-state index is 0.149. The van der Waals surface area contributed by atoms with Crippen molar-refractivity contribution in [1.82, 2.24) is 0 Å². The number of carbonyl (C=O) groups excluding carboxylic acids is 2. The van der Waals surface area contributed by atoms with E-state index in [4.69, 9.17) is 4.74 Å². The van der Waals surface area contributed by atoms with E-state index in [2.05, 4.69) is 10.3 Å². The van der Waals surface area contributed by atoms with Crippen LogP contribution in [0.1, 0.15) is 26.7 Å². The molecule has 0 amide bonds. The number of fused-ring (bicyclic) bond motifs is 5. The Bertz CT molecular complexity index is 1220. The van der Waals surface area contributed by atoms with Gasteiger partial charge in [-0.3, -0.25) is 4.79 Å². The van der Waals surface area contributed by atoms with Crippen LogP contribution >= 0.6 is 0 Å². The van der Waals surface area contributed by atoms with Crippen molar-refractivity contribution in [3.05, 3.63) is 54.6 Å². The summed E-state index contributed by atoms with van der Waals surface area (Å²) < 4.78 is 5.92. The zero-order chi connectivity index (χ0) is 22.3. The van der Waals surface area contributed by atoms with E-state index < -0.39 is 28.6 Å². The standard InChI is InChI=1S/C25H25N3O4/c1-15-10-11-18-21(23(2)20(29)12-13-25(15,23)31)32-22(30)24(18)14-28(27-26-24)19-9-5-7-16-6-3-4-8-17(16)19/h3-9,12-13,15,18,21,31H,10-11,14H2,1-2H3/t15-,18?,21?,23-,24?,25+/m0/s1. The molecule has 7 heteroatoms. The Morgan fingerprint density at radius 2 is 1.91 bits per heavy atom. The molecule has 0 aromatic heterocycles. The number of benzene rings is 2. The molecule has 6 atom stereocenters. The molecule has 0 radical (unpaired) electrons. The van der Waals surface area contributed by atoms with Gasteiger partial charge in [-0.15, -0.1) is 5.11 Å². The summed E-state index contributed by atoms with van der Waals surface area (Å²) in [6.45, 7) is 3.94. The average Bonchev–Trinajstić information content (AvgIpc) is 3.42. The van der Waals surface area contributed by atoms with Gasteiger partial charge in [0.05, 0.1) is 17.6 Å². The zero-order valence-corrected chi connectivity index (χ0v) is 18.1. The first-order valence-corrected chi connectivity index (χ1v) is 11.2. The fourth-order valence-corrected chi connectivity index (χ4v) is 6.34. The molecule has 32 heavy (non-hydrogen) atoms. The molecule has 1 N–H and O–H groups in total. The van der Waals surface area contributed by atoms with Crippen molar-refractivity contribution in [1.29, 1.82) is 0 Å². The highest BCUT2D eigenvalue weighted by Crippen LogP contribution is 2.59. The summed E-state index contributed by atoms with van der Waals surface area (Å²) in [5.41, 5.74) is -2.88. The lowest BCUT2D eigenvalue weighted by Gasteiger charge is -2.43. The summed E-state index contributed by atoms with van der Waals surface area (Å²) in [7, 11) is 0. The molecular formula is C25H25N3O4. The van der Waals surface area contributed by atoms with E-state index in [1.54, 1.807) is 18.0 Å². The summed E-state index contributed by atoms with van der Waals surface area (Å²) in [4.78, 5) is 26.3. The molecule has 1 saturated carbocycles. The molecule has 1 spiro atoms. The summed E-state index contributed by atoms with van der Waals surface area (Å²) in [6, 6.07) is 14.0. The van der Waals surface area contributed by atoms with Gasteiger partial charge < -0.3 is 9.84 Å². The predicted molar refractivity (Wildman–Crippen MR) is 118 cm³/mol. The first kappa shape index (κ1) is 19.6. The first-order chi connectivity index (χ1) is 15.3. The normalized spacial score (nSPS) is 40.1. The molecule has 6 rings (SSSR count). The molecule has 7 nitrogen and oxygen atoms in total. The number of hydrogen-bond donors (Lipinski definition) is 1. The smallest absolute Gasteiger partial charge is 0.338 e. The Kier molecular flexibility index (Phi) is 3.83. The lowest BCUT2D eigenvalue weighted by molar-refractivity contribution is -0.166. The van der Waals surface area contributed by atoms with Crippen LogP contribution in [0.3, 0.4) is 0 Å². The molecule has 2 aliphatic carbocycles. The molecule has 2 aromatic rings. The first-order valence-electron chi connectivity index (χ1n) is 11.2. The number of ketones is 1. The molecular weight excluding hydrogens is 406 g/mol. The van der Waals surface area contributed by atoms with Gasteiger partial charge in [0.1, 0.15) is 11.7 Å². The number of ether oxygens (including phenoxy) is 1. The van der Waals surface area contributed by atoms with Crippen molar-refractivity contribution in [2.75, 3.05) is 11.6 Å². The maximum absolute atomic E-state index is 13.3. The fourth-order valence-electron chi connectivity index (χ4n) is 6.34. The Labute approximate surface area is 185 Å². The Hall–Kier alpha value is -3.06. The summed E-state index contributed by atoms with van der Waals surface area (Å²) in [5.74, 6) is -1.15. The largest absolute Gasteiger partial charge is 0.459 e. The lowest BCUT2D eigenvalue weighted by Crippen LogP contribution is -2.57. The summed E-state index contributed by atoms with van der Waals surface area (Å²) in [5, 5.41) is 24.4. The van der Waals surface area contributed by atoms with Crippen molar-refractivity contribution >= 4 is 28.2 Å². The maximum atomic E-state index is 13.3. The van der Waals surface area contributed by atoms with Gasteiger partial charge in [0, 0.05) is 11.3 Å². The van der Waals surface area contributed by atoms with Crippen LogP contribution in [0.5, 0.6) is 0 Å². The summed E-state index contributed by atoms with van der Waals surface area (Å²) >= 11 is 0. The number of esters is 1. The third-order valence-electron chi connectivity index (χ3n) is 8.40. The van der Waals surface area contributed by atoms with Crippen molar-refractivity contribution in [3.63, 3.8) is 0 Å².